The molecule has 2 N–H and O–H groups in total. The minimum absolute atomic E-state index is 0.225. The topological polar surface area (TPSA) is 29.3 Å². The second kappa shape index (κ2) is 6.02. The number of likely N-dealkylation sites (tertiary alicyclic amines) is 1. The van der Waals surface area contributed by atoms with Crippen LogP contribution in [0.1, 0.15) is 31.1 Å². The van der Waals surface area contributed by atoms with Crippen molar-refractivity contribution in [2.75, 3.05) is 6.54 Å². The normalized spacial score (nSPS) is 22.2. The highest BCUT2D eigenvalue weighted by Crippen LogP contribution is 2.36. The van der Waals surface area contributed by atoms with Crippen molar-refractivity contribution in [1.82, 2.24) is 4.90 Å². The highest BCUT2D eigenvalue weighted by Gasteiger charge is 2.26. The predicted molar refractivity (Wildman–Crippen MR) is 88.5 cm³/mol. The van der Waals surface area contributed by atoms with Crippen LogP contribution in [-0.4, -0.2) is 23.5 Å². The molecule has 0 saturated carbocycles. The van der Waals surface area contributed by atoms with Crippen molar-refractivity contribution in [1.29, 1.82) is 0 Å². The summed E-state index contributed by atoms with van der Waals surface area (Å²) in [6.07, 6.45) is 3.77. The summed E-state index contributed by atoms with van der Waals surface area (Å²) in [6, 6.07) is 9.10. The van der Waals surface area contributed by atoms with Crippen LogP contribution in [0.15, 0.2) is 24.3 Å². The van der Waals surface area contributed by atoms with Crippen molar-refractivity contribution in [2.45, 2.75) is 44.8 Å². The van der Waals surface area contributed by atoms with Gasteiger partial charge in [0, 0.05) is 33.6 Å². The zero-order valence-corrected chi connectivity index (χ0v) is 13.4. The summed E-state index contributed by atoms with van der Waals surface area (Å²) in [6.45, 7) is 4.19. The van der Waals surface area contributed by atoms with Gasteiger partial charge in [-0.15, -0.1) is 11.3 Å². The second-order valence-corrected chi connectivity index (χ2v) is 7.24. The van der Waals surface area contributed by atoms with Crippen LogP contribution in [0.3, 0.4) is 0 Å². The molecule has 0 bridgehead atoms. The fourth-order valence-corrected chi connectivity index (χ4v) is 4.68. The quantitative estimate of drug-likeness (QED) is 0.918. The maximum absolute atomic E-state index is 6.56. The third kappa shape index (κ3) is 2.73. The number of nitrogens with zero attached hydrogens (tertiary/aromatic N) is 1. The molecule has 2 heterocycles. The molecule has 4 heteroatoms. The van der Waals surface area contributed by atoms with E-state index >= 15 is 0 Å². The Labute approximate surface area is 129 Å². The molecule has 2 atom stereocenters. The van der Waals surface area contributed by atoms with Crippen molar-refractivity contribution in [3.63, 3.8) is 0 Å². The van der Waals surface area contributed by atoms with Gasteiger partial charge in [-0.2, -0.15) is 0 Å². The van der Waals surface area contributed by atoms with E-state index in [0.717, 1.165) is 18.1 Å². The van der Waals surface area contributed by atoms with Gasteiger partial charge in [0.1, 0.15) is 0 Å². The van der Waals surface area contributed by atoms with Crippen molar-refractivity contribution < 1.29 is 0 Å². The van der Waals surface area contributed by atoms with Gasteiger partial charge in [0.2, 0.25) is 0 Å². The Morgan fingerprint density at radius 2 is 2.20 bits per heavy atom. The molecule has 0 radical (unpaired) electrons. The second-order valence-electron chi connectivity index (χ2n) is 5.73. The first kappa shape index (κ1) is 14.3. The van der Waals surface area contributed by atoms with Crippen molar-refractivity contribution in [3.05, 3.63) is 34.2 Å². The summed E-state index contributed by atoms with van der Waals surface area (Å²) in [4.78, 5) is 3.80. The van der Waals surface area contributed by atoms with Gasteiger partial charge in [-0.1, -0.05) is 36.2 Å². The van der Waals surface area contributed by atoms with Crippen LogP contribution < -0.4 is 5.73 Å². The highest BCUT2D eigenvalue weighted by atomic mass is 35.5. The minimum atomic E-state index is 0.225. The number of fused-ring (bicyclic) bond motifs is 1. The molecule has 1 aromatic carbocycles. The first-order valence-electron chi connectivity index (χ1n) is 7.32. The molecule has 1 aliphatic rings. The zero-order valence-electron chi connectivity index (χ0n) is 11.8. The Morgan fingerprint density at radius 3 is 2.95 bits per heavy atom. The molecule has 0 amide bonds. The lowest BCUT2D eigenvalue weighted by molar-refractivity contribution is 0.124. The Bertz CT molecular complexity index is 593. The van der Waals surface area contributed by atoms with Crippen LogP contribution in [0.5, 0.6) is 0 Å². The standard InChI is InChI=1S/C16H21ClN2S/c1-11(18)13-7-4-5-9-19(13)10-15-16(17)12-6-2-3-8-14(12)20-15/h2-3,6,8,11,13H,4-5,7,9-10,18H2,1H3. The first-order valence-corrected chi connectivity index (χ1v) is 8.52. The van der Waals surface area contributed by atoms with Gasteiger partial charge in [0.25, 0.3) is 0 Å². The molecule has 1 fully saturated rings. The van der Waals surface area contributed by atoms with E-state index in [4.69, 9.17) is 17.3 Å². The Morgan fingerprint density at radius 1 is 1.40 bits per heavy atom. The molecule has 108 valence electrons. The number of rotatable bonds is 3. The molecule has 3 rings (SSSR count). The molecular weight excluding hydrogens is 288 g/mol. The summed E-state index contributed by atoms with van der Waals surface area (Å²) in [5.41, 5.74) is 6.15. The highest BCUT2D eigenvalue weighted by molar-refractivity contribution is 7.19. The van der Waals surface area contributed by atoms with Crippen LogP contribution in [0.2, 0.25) is 5.02 Å². The van der Waals surface area contributed by atoms with Crippen molar-refractivity contribution >= 4 is 33.0 Å². The Balaban J connectivity index is 1.86. The fraction of sp³-hybridized carbons (Fsp3) is 0.500. The molecule has 1 aliphatic heterocycles. The van der Waals surface area contributed by atoms with Crippen molar-refractivity contribution in [3.8, 4) is 0 Å². The smallest absolute Gasteiger partial charge is 0.0637 e. The molecule has 0 aliphatic carbocycles. The van der Waals surface area contributed by atoms with Gasteiger partial charge < -0.3 is 5.73 Å². The molecule has 0 spiro atoms. The van der Waals surface area contributed by atoms with E-state index in [-0.39, 0.29) is 6.04 Å². The molecule has 1 aromatic heterocycles. The molecular formula is C16H21ClN2S. The molecule has 2 aromatic rings. The molecule has 2 nitrogen and oxygen atoms in total. The van der Waals surface area contributed by atoms with E-state index in [1.165, 1.54) is 34.2 Å². The third-order valence-electron chi connectivity index (χ3n) is 4.22. The summed E-state index contributed by atoms with van der Waals surface area (Å²) < 4.78 is 1.28. The summed E-state index contributed by atoms with van der Waals surface area (Å²) >= 11 is 8.37. The summed E-state index contributed by atoms with van der Waals surface area (Å²) in [5.74, 6) is 0. The van der Waals surface area contributed by atoms with Gasteiger partial charge in [-0.3, -0.25) is 4.90 Å². The van der Waals surface area contributed by atoms with E-state index in [1.807, 2.05) is 11.3 Å². The minimum Gasteiger partial charge on any atom is -0.327 e. The van der Waals surface area contributed by atoms with Crippen molar-refractivity contribution in [2.24, 2.45) is 5.73 Å². The van der Waals surface area contributed by atoms with Crippen LogP contribution in [0.4, 0.5) is 0 Å². The average Bonchev–Trinajstić information content (AvgIpc) is 2.76. The number of piperidine rings is 1. The molecule has 1 saturated heterocycles. The van der Waals surface area contributed by atoms with Gasteiger partial charge in [-0.05, 0) is 32.4 Å². The van der Waals surface area contributed by atoms with Gasteiger partial charge in [-0.25, -0.2) is 0 Å². The number of halogens is 1. The van der Waals surface area contributed by atoms with E-state index < -0.39 is 0 Å². The molecule has 2 unspecified atom stereocenters. The average molecular weight is 309 g/mol. The lowest BCUT2D eigenvalue weighted by Gasteiger charge is -2.37. The maximum Gasteiger partial charge on any atom is 0.0637 e. The van der Waals surface area contributed by atoms with Gasteiger partial charge in [0.05, 0.1) is 5.02 Å². The van der Waals surface area contributed by atoms with Crippen LogP contribution in [0, 0.1) is 0 Å². The zero-order chi connectivity index (χ0) is 14.1. The number of hydrogen-bond acceptors (Lipinski definition) is 3. The Hall–Kier alpha value is -0.610. The number of benzene rings is 1. The van der Waals surface area contributed by atoms with E-state index in [2.05, 4.69) is 36.1 Å². The number of nitrogens with two attached hydrogens (primary N) is 1. The molecule has 20 heavy (non-hydrogen) atoms. The summed E-state index contributed by atoms with van der Waals surface area (Å²) in [7, 11) is 0. The van der Waals surface area contributed by atoms with Crippen LogP contribution in [0.25, 0.3) is 10.1 Å². The number of thiophene rings is 1. The lowest BCUT2D eigenvalue weighted by atomic mass is 9.97. The third-order valence-corrected chi connectivity index (χ3v) is 5.92. The SMILES string of the molecule is CC(N)C1CCCCN1Cc1sc2ccccc2c1Cl. The summed E-state index contributed by atoms with van der Waals surface area (Å²) in [5, 5.41) is 2.11. The predicted octanol–water partition coefficient (Wildman–Crippen LogP) is 4.26. The first-order chi connectivity index (χ1) is 9.66. The fourth-order valence-electron chi connectivity index (χ4n) is 3.16. The number of hydrogen-bond donors (Lipinski definition) is 1. The van der Waals surface area contributed by atoms with Crippen LogP contribution >= 0.6 is 22.9 Å². The largest absolute Gasteiger partial charge is 0.327 e. The van der Waals surface area contributed by atoms with E-state index in [9.17, 15) is 0 Å². The van der Waals surface area contributed by atoms with Crippen LogP contribution in [-0.2, 0) is 6.54 Å². The van der Waals surface area contributed by atoms with E-state index in [0.29, 0.717) is 6.04 Å². The lowest BCUT2D eigenvalue weighted by Crippen LogP contribution is -2.48. The Kier molecular flexibility index (Phi) is 4.32. The monoisotopic (exact) mass is 308 g/mol. The van der Waals surface area contributed by atoms with E-state index in [1.54, 1.807) is 0 Å². The van der Waals surface area contributed by atoms with Gasteiger partial charge >= 0.3 is 0 Å². The maximum atomic E-state index is 6.56. The van der Waals surface area contributed by atoms with Gasteiger partial charge in [0.15, 0.2) is 0 Å².